The number of hydrogen-bond acceptors (Lipinski definition) is 1. The summed E-state index contributed by atoms with van der Waals surface area (Å²) in [7, 11) is -5.21. The van der Waals surface area contributed by atoms with E-state index >= 15 is 0 Å². The van der Waals surface area contributed by atoms with E-state index in [0.29, 0.717) is 0 Å². The molecule has 7 heavy (non-hydrogen) atoms. The van der Waals surface area contributed by atoms with Gasteiger partial charge in [-0.25, -0.2) is 4.57 Å². The quantitative estimate of drug-likeness (QED) is 0.388. The standard InChI is InChI=1S/C2H2F2NOP/c1-2-5-7(3,4)6/h1H2. The minimum absolute atomic E-state index is 1.47. The van der Waals surface area contributed by atoms with Crippen molar-refractivity contribution in [1.29, 1.82) is 0 Å². The molecule has 0 amide bonds. The fourth-order valence-electron chi connectivity index (χ4n) is 0.0823. The van der Waals surface area contributed by atoms with Crippen molar-refractivity contribution in [3.8, 4) is 0 Å². The van der Waals surface area contributed by atoms with Crippen molar-refractivity contribution < 1.29 is 13.0 Å². The molecule has 40 valence electrons. The molecule has 0 unspecified atom stereocenters. The van der Waals surface area contributed by atoms with Crippen molar-refractivity contribution in [2.75, 3.05) is 0 Å². The largest absolute Gasteiger partial charge is 0.537 e. The highest BCUT2D eigenvalue weighted by atomic mass is 31.2. The molecule has 5 heteroatoms. The van der Waals surface area contributed by atoms with Gasteiger partial charge in [-0.2, -0.15) is 0 Å². The van der Waals surface area contributed by atoms with E-state index in [4.69, 9.17) is 0 Å². The summed E-state index contributed by atoms with van der Waals surface area (Å²) in [5.41, 5.74) is 0. The molecule has 0 radical (unpaired) electrons. The average Bonchev–Trinajstić information content (AvgIpc) is 1.30. The second-order valence-electron chi connectivity index (χ2n) is 0.693. The van der Waals surface area contributed by atoms with Crippen LogP contribution in [0.25, 0.3) is 0 Å². The van der Waals surface area contributed by atoms with Crippen LogP contribution in [0, 0.1) is 0 Å². The van der Waals surface area contributed by atoms with Crippen molar-refractivity contribution in [3.05, 3.63) is 6.58 Å². The molecule has 2 nitrogen and oxygen atoms in total. The van der Waals surface area contributed by atoms with Crippen molar-refractivity contribution in [2.45, 2.75) is 0 Å². The number of nitrogens with zero attached hydrogens (tertiary/aromatic N) is 1. The van der Waals surface area contributed by atoms with E-state index in [9.17, 15) is 13.0 Å². The molecule has 0 aliphatic rings. The molecule has 0 atom stereocenters. The van der Waals surface area contributed by atoms with Gasteiger partial charge in [-0.3, -0.25) is 0 Å². The van der Waals surface area contributed by atoms with Crippen LogP contribution in [-0.4, -0.2) is 5.87 Å². The lowest BCUT2D eigenvalue weighted by atomic mass is 11.2. The Morgan fingerprint density at radius 3 is 2.14 bits per heavy atom. The van der Waals surface area contributed by atoms with Gasteiger partial charge >= 0.3 is 7.91 Å². The van der Waals surface area contributed by atoms with E-state index in [-0.39, 0.29) is 0 Å². The van der Waals surface area contributed by atoms with Gasteiger partial charge in [-0.1, -0.05) is 0 Å². The van der Waals surface area contributed by atoms with Gasteiger partial charge in [0.25, 0.3) is 0 Å². The van der Waals surface area contributed by atoms with Crippen molar-refractivity contribution in [2.24, 2.45) is 4.76 Å². The summed E-state index contributed by atoms with van der Waals surface area (Å²) in [6, 6.07) is 0. The molecule has 0 heterocycles. The number of hydrogen-bond donors (Lipinski definition) is 0. The van der Waals surface area contributed by atoms with Gasteiger partial charge in [0.05, 0.1) is 0 Å². The average molecular weight is 125 g/mol. The highest BCUT2D eigenvalue weighted by Crippen LogP contribution is 2.49. The molecule has 0 saturated carbocycles. The zero-order valence-electron chi connectivity index (χ0n) is 3.27. The van der Waals surface area contributed by atoms with Crippen LogP contribution in [0.4, 0.5) is 8.39 Å². The topological polar surface area (TPSA) is 29.4 Å². The zero-order chi connectivity index (χ0) is 5.91. The van der Waals surface area contributed by atoms with Crippen LogP contribution in [0.5, 0.6) is 0 Å². The molecule has 0 rings (SSSR count). The molecular formula is C2H2F2NOP. The first-order valence-corrected chi connectivity index (χ1v) is 2.74. The predicted octanol–water partition coefficient (Wildman–Crippen LogP) is 1.89. The third-order valence-electron chi connectivity index (χ3n) is 0.187. The van der Waals surface area contributed by atoms with Gasteiger partial charge < -0.3 is 0 Å². The third kappa shape index (κ3) is 5.54. The Morgan fingerprint density at radius 1 is 1.71 bits per heavy atom. The minimum Gasteiger partial charge on any atom is -0.223 e. The maximum absolute atomic E-state index is 11.0. The molecule has 0 aromatic carbocycles. The van der Waals surface area contributed by atoms with Crippen LogP contribution in [0.3, 0.4) is 0 Å². The molecule has 0 spiro atoms. The third-order valence-corrected chi connectivity index (χ3v) is 0.561. The predicted molar refractivity (Wildman–Crippen MR) is 22.9 cm³/mol. The highest BCUT2D eigenvalue weighted by Gasteiger charge is 2.13. The Morgan fingerprint density at radius 2 is 2.14 bits per heavy atom. The van der Waals surface area contributed by atoms with Crippen LogP contribution >= 0.6 is 7.91 Å². The molecule has 0 aliphatic heterocycles. The molecule has 0 saturated heterocycles. The summed E-state index contributed by atoms with van der Waals surface area (Å²) in [4.78, 5) is 0. The second-order valence-corrected chi connectivity index (χ2v) is 1.76. The minimum atomic E-state index is -5.21. The first-order valence-electron chi connectivity index (χ1n) is 1.30. The Hall–Kier alpha value is -0.460. The van der Waals surface area contributed by atoms with Gasteiger partial charge in [0.1, 0.15) is 0 Å². The van der Waals surface area contributed by atoms with Gasteiger partial charge in [-0.15, -0.1) is 13.2 Å². The normalized spacial score (nSPS) is 10.0. The van der Waals surface area contributed by atoms with Crippen LogP contribution in [-0.2, 0) is 4.57 Å². The molecule has 0 aromatic heterocycles. The van der Waals surface area contributed by atoms with Crippen LogP contribution in [0.15, 0.2) is 11.3 Å². The van der Waals surface area contributed by atoms with E-state index in [2.05, 4.69) is 11.3 Å². The maximum Gasteiger partial charge on any atom is 0.537 e. The van der Waals surface area contributed by atoms with Gasteiger partial charge in [-0.05, 0) is 12.4 Å². The lowest BCUT2D eigenvalue weighted by molar-refractivity contribution is 0.497. The Labute approximate surface area is 39.2 Å². The highest BCUT2D eigenvalue weighted by molar-refractivity contribution is 7.51. The Kier molecular flexibility index (Phi) is 1.88. The molecular weight excluding hydrogens is 123 g/mol. The van der Waals surface area contributed by atoms with E-state index in [0.717, 1.165) is 0 Å². The molecule has 0 bridgehead atoms. The maximum atomic E-state index is 11.0. The van der Waals surface area contributed by atoms with E-state index in [1.807, 2.05) is 0 Å². The summed E-state index contributed by atoms with van der Waals surface area (Å²) in [5.74, 6) is 1.47. The summed E-state index contributed by atoms with van der Waals surface area (Å²) in [6.45, 7) is 2.70. The molecule has 0 aromatic rings. The first kappa shape index (κ1) is 6.54. The van der Waals surface area contributed by atoms with E-state index in [1.54, 1.807) is 0 Å². The SMILES string of the molecule is C=C=NP(=O)(F)F. The van der Waals surface area contributed by atoms with Crippen molar-refractivity contribution >= 4 is 13.8 Å². The molecule has 0 fully saturated rings. The zero-order valence-corrected chi connectivity index (χ0v) is 4.16. The summed E-state index contributed by atoms with van der Waals surface area (Å²) < 4.78 is 33.3. The number of halogens is 2. The molecule has 0 aliphatic carbocycles. The van der Waals surface area contributed by atoms with Crippen molar-refractivity contribution in [1.82, 2.24) is 0 Å². The van der Waals surface area contributed by atoms with Crippen molar-refractivity contribution in [3.63, 3.8) is 0 Å². The van der Waals surface area contributed by atoms with Crippen LogP contribution in [0.1, 0.15) is 0 Å². The monoisotopic (exact) mass is 125 g/mol. The number of rotatable bonds is 1. The first-order chi connectivity index (χ1) is 3.06. The van der Waals surface area contributed by atoms with Crippen LogP contribution in [0.2, 0.25) is 0 Å². The lowest BCUT2D eigenvalue weighted by Crippen LogP contribution is -1.47. The van der Waals surface area contributed by atoms with E-state index < -0.39 is 7.91 Å². The van der Waals surface area contributed by atoms with Gasteiger partial charge in [0.15, 0.2) is 0 Å². The van der Waals surface area contributed by atoms with Gasteiger partial charge in [0.2, 0.25) is 0 Å². The Bertz CT molecular complexity index is 144. The second kappa shape index (κ2) is 2.01. The van der Waals surface area contributed by atoms with Crippen LogP contribution < -0.4 is 0 Å². The smallest absolute Gasteiger partial charge is 0.223 e. The Balaban J connectivity index is 4.10. The van der Waals surface area contributed by atoms with E-state index in [1.165, 1.54) is 5.87 Å². The van der Waals surface area contributed by atoms with Gasteiger partial charge in [0, 0.05) is 0 Å². The summed E-state index contributed by atoms with van der Waals surface area (Å²) in [6.07, 6.45) is 0. The molecule has 0 N–H and O–H groups in total. The summed E-state index contributed by atoms with van der Waals surface area (Å²) in [5, 5.41) is 0. The fourth-order valence-corrected chi connectivity index (χ4v) is 0.247. The fraction of sp³-hybridized carbons (Fsp3) is 0. The summed E-state index contributed by atoms with van der Waals surface area (Å²) >= 11 is 0. The lowest BCUT2D eigenvalue weighted by Gasteiger charge is -1.77.